The van der Waals surface area contributed by atoms with E-state index in [0.717, 1.165) is 0 Å². The van der Waals surface area contributed by atoms with Crippen LogP contribution < -0.4 is 31.9 Å². The predicted octanol–water partition coefficient (Wildman–Crippen LogP) is 1.10. The molecule has 6 aromatic rings. The standard InChI is InChI=1S/C39H45N13O9/c1-6-24-31(60-20(3)43-24)36(57)47-38-45-26-15-22(33(40)55)17-28(59-14-10-11-50(5)49-29(54)19-53)30(26)51(38)12-8-9-13-52-35-27(16-23(18-42-35)34(41)56)46-39(52)48-37(58)32-25(7-2)44-21(4)61-32/h8-9,15-18,53H,6-7,10-14,19H2,1-5H3,(H2,40,55)(H2,41,56)(H,49,54)(H,45,47,57)(H,46,48,58)/p+1/b9-8+. The van der Waals surface area contributed by atoms with Crippen LogP contribution in [-0.2, 0) is 25.9 Å². The zero-order valence-corrected chi connectivity index (χ0v) is 34.1. The number of primary amides is 2. The summed E-state index contributed by atoms with van der Waals surface area (Å²) >= 11 is 0. The number of imidazole rings is 2. The first-order valence-electron chi connectivity index (χ1n) is 19.2. The first kappa shape index (κ1) is 43.0. The van der Waals surface area contributed by atoms with Crippen molar-refractivity contribution in [2.75, 3.05) is 37.4 Å². The molecule has 0 aliphatic heterocycles. The molecule has 0 atom stereocenters. The number of amides is 4. The maximum atomic E-state index is 13.7. The zero-order chi connectivity index (χ0) is 44.0. The van der Waals surface area contributed by atoms with Gasteiger partial charge in [-0.2, -0.15) is 5.01 Å². The number of fused-ring (bicyclic) bond motifs is 2. The molecule has 0 radical (unpaired) electrons. The first-order valence-corrected chi connectivity index (χ1v) is 19.2. The van der Waals surface area contributed by atoms with E-state index in [1.54, 1.807) is 47.2 Å². The number of carbonyl (C=O) groups excluding carboxylic acids is 4. The van der Waals surface area contributed by atoms with Crippen molar-refractivity contribution in [3.63, 3.8) is 0 Å². The Bertz CT molecular complexity index is 2690. The number of ether oxygens (including phenoxy) is 1. The SMILES string of the molecule is CCc1nc(C)oc1C(=O)Nc1nc2cc(C(N)=O)cnc2n1C/C=C/Cn1c(NC(=O)c2oc(C)nc2CC)nc2cc(C(N)=O)cc(OCCCN(C)/[NH+]=C(\O)CO)c21. The summed E-state index contributed by atoms with van der Waals surface area (Å²) in [5.41, 5.74) is 13.7. The van der Waals surface area contributed by atoms with Crippen molar-refractivity contribution in [2.24, 2.45) is 11.5 Å². The Kier molecular flexibility index (Phi) is 13.1. The number of nitrogens with zero attached hydrogens (tertiary/aromatic N) is 8. The quantitative estimate of drug-likeness (QED) is 0.0198. The summed E-state index contributed by atoms with van der Waals surface area (Å²) in [6.07, 6.45) is 6.18. The molecule has 22 heteroatoms. The number of aliphatic hydroxyl groups is 2. The Morgan fingerprint density at radius 3 is 1.98 bits per heavy atom. The van der Waals surface area contributed by atoms with Gasteiger partial charge in [-0.3, -0.25) is 34.4 Å². The average molecular weight is 841 g/mol. The van der Waals surface area contributed by atoms with Gasteiger partial charge < -0.3 is 39.8 Å². The number of rotatable bonds is 19. The van der Waals surface area contributed by atoms with Crippen LogP contribution >= 0.6 is 0 Å². The number of oxazole rings is 2. The number of hydrogen-bond acceptors (Lipinski definition) is 14. The zero-order valence-electron chi connectivity index (χ0n) is 34.1. The molecular weight excluding hydrogens is 795 g/mol. The van der Waals surface area contributed by atoms with Gasteiger partial charge >= 0.3 is 5.90 Å². The van der Waals surface area contributed by atoms with E-state index in [0.29, 0.717) is 65.7 Å². The Morgan fingerprint density at radius 2 is 1.41 bits per heavy atom. The molecule has 5 heterocycles. The number of benzene rings is 1. The summed E-state index contributed by atoms with van der Waals surface area (Å²) in [4.78, 5) is 73.7. The van der Waals surface area contributed by atoms with Crippen molar-refractivity contribution in [1.82, 2.24) is 39.1 Å². The van der Waals surface area contributed by atoms with Crippen molar-refractivity contribution >= 4 is 63.6 Å². The predicted molar refractivity (Wildman–Crippen MR) is 219 cm³/mol. The van der Waals surface area contributed by atoms with E-state index < -0.39 is 30.2 Å². The van der Waals surface area contributed by atoms with Crippen LogP contribution in [0.3, 0.4) is 0 Å². The number of nitrogens with one attached hydrogen (secondary N) is 3. The molecule has 9 N–H and O–H groups in total. The monoisotopic (exact) mass is 840 g/mol. The number of hydrogen-bond donors (Lipinski definition) is 7. The third-order valence-corrected chi connectivity index (χ3v) is 9.21. The summed E-state index contributed by atoms with van der Waals surface area (Å²) in [5.74, 6) is -1.81. The third-order valence-electron chi connectivity index (χ3n) is 9.21. The topological polar surface area (TPSA) is 312 Å². The first-order chi connectivity index (χ1) is 29.2. The molecule has 5 aromatic heterocycles. The molecule has 0 bridgehead atoms. The molecule has 22 nitrogen and oxygen atoms in total. The van der Waals surface area contributed by atoms with Crippen LogP contribution in [0.15, 0.2) is 45.4 Å². The van der Waals surface area contributed by atoms with Gasteiger partial charge in [-0.25, -0.2) is 24.9 Å². The number of aliphatic hydroxyl groups excluding tert-OH is 2. The van der Waals surface area contributed by atoms with Gasteiger partial charge in [-0.05, 0) is 31.0 Å². The van der Waals surface area contributed by atoms with Gasteiger partial charge in [0, 0.05) is 45.1 Å². The fourth-order valence-corrected chi connectivity index (χ4v) is 6.42. The van der Waals surface area contributed by atoms with Crippen molar-refractivity contribution in [1.29, 1.82) is 0 Å². The van der Waals surface area contributed by atoms with E-state index >= 15 is 0 Å². The second kappa shape index (κ2) is 18.5. The van der Waals surface area contributed by atoms with Crippen LogP contribution in [0.25, 0.3) is 22.2 Å². The average Bonchev–Trinajstić information content (AvgIpc) is 3.99. The van der Waals surface area contributed by atoms with Gasteiger partial charge in [0.25, 0.3) is 11.8 Å². The minimum Gasteiger partial charge on any atom is -0.491 e. The maximum absolute atomic E-state index is 13.7. The van der Waals surface area contributed by atoms with Crippen molar-refractivity contribution in [2.45, 2.75) is 60.0 Å². The van der Waals surface area contributed by atoms with Crippen molar-refractivity contribution < 1.29 is 48.1 Å². The van der Waals surface area contributed by atoms with Crippen LogP contribution in [-0.4, -0.2) is 106 Å². The molecule has 0 fully saturated rings. The van der Waals surface area contributed by atoms with Crippen LogP contribution in [0.2, 0.25) is 0 Å². The van der Waals surface area contributed by atoms with Gasteiger partial charge in [0.1, 0.15) is 16.8 Å². The summed E-state index contributed by atoms with van der Waals surface area (Å²) in [6, 6.07) is 4.44. The molecule has 4 amide bonds. The smallest absolute Gasteiger partial charge is 0.386 e. The van der Waals surface area contributed by atoms with Gasteiger partial charge in [0.2, 0.25) is 35.2 Å². The second-order valence-electron chi connectivity index (χ2n) is 13.7. The minimum absolute atomic E-state index is 0.0192. The molecule has 1 aromatic carbocycles. The Hall–Kier alpha value is -7.62. The largest absolute Gasteiger partial charge is 0.491 e. The van der Waals surface area contributed by atoms with Gasteiger partial charge in [-0.15, -0.1) is 0 Å². The van der Waals surface area contributed by atoms with Gasteiger partial charge in [0.15, 0.2) is 24.0 Å². The van der Waals surface area contributed by atoms with E-state index in [1.165, 1.54) is 24.4 Å². The third kappa shape index (κ3) is 9.65. The van der Waals surface area contributed by atoms with Crippen LogP contribution in [0.4, 0.5) is 11.9 Å². The Balaban J connectivity index is 1.36. The van der Waals surface area contributed by atoms with Crippen LogP contribution in [0.1, 0.15) is 85.3 Å². The lowest BCUT2D eigenvalue weighted by Gasteiger charge is -2.13. The number of hydrazine groups is 1. The number of aromatic nitrogens is 7. The molecule has 0 unspecified atom stereocenters. The number of anilines is 2. The summed E-state index contributed by atoms with van der Waals surface area (Å²) in [5, 5.41) is 28.5. The second-order valence-corrected chi connectivity index (χ2v) is 13.7. The number of aryl methyl sites for hydroxylation is 4. The number of allylic oxidation sites excluding steroid dienone is 2. The molecular formula is C39H46N13O9+. The number of pyridine rings is 1. The van der Waals surface area contributed by atoms with Gasteiger partial charge in [0.05, 0.1) is 42.7 Å². The van der Waals surface area contributed by atoms with E-state index in [1.807, 2.05) is 13.8 Å². The van der Waals surface area contributed by atoms with Gasteiger partial charge in [-0.1, -0.05) is 31.1 Å². The van der Waals surface area contributed by atoms with E-state index in [9.17, 15) is 24.3 Å². The molecule has 0 spiro atoms. The maximum Gasteiger partial charge on any atom is 0.386 e. The van der Waals surface area contributed by atoms with Crippen LogP contribution in [0, 0.1) is 13.8 Å². The summed E-state index contributed by atoms with van der Waals surface area (Å²) < 4.78 is 20.7. The highest BCUT2D eigenvalue weighted by atomic mass is 16.5. The van der Waals surface area contributed by atoms with Crippen molar-refractivity contribution in [3.05, 3.63) is 82.4 Å². The molecule has 0 saturated heterocycles. The molecule has 6 rings (SSSR count). The lowest BCUT2D eigenvalue weighted by molar-refractivity contribution is -0.645. The lowest BCUT2D eigenvalue weighted by Crippen LogP contribution is -2.83. The van der Waals surface area contributed by atoms with E-state index in [2.05, 4.69) is 40.7 Å². The number of nitrogens with two attached hydrogens (primary N) is 2. The van der Waals surface area contributed by atoms with E-state index in [-0.39, 0.29) is 71.4 Å². The Morgan fingerprint density at radius 1 is 0.852 bits per heavy atom. The highest BCUT2D eigenvalue weighted by Crippen LogP contribution is 2.32. The highest BCUT2D eigenvalue weighted by molar-refractivity contribution is 6.05. The lowest BCUT2D eigenvalue weighted by atomic mass is 10.1. The fourth-order valence-electron chi connectivity index (χ4n) is 6.42. The minimum atomic E-state index is -0.730. The molecule has 0 aliphatic carbocycles. The normalized spacial score (nSPS) is 11.8. The summed E-state index contributed by atoms with van der Waals surface area (Å²) in [6.45, 7) is 7.13. The molecule has 61 heavy (non-hydrogen) atoms. The van der Waals surface area contributed by atoms with Crippen molar-refractivity contribution in [3.8, 4) is 5.75 Å². The Labute approximate surface area is 347 Å². The molecule has 0 saturated carbocycles. The highest BCUT2D eigenvalue weighted by Gasteiger charge is 2.25. The summed E-state index contributed by atoms with van der Waals surface area (Å²) in [7, 11) is 1.67. The number of hydrazone groups is 1. The van der Waals surface area contributed by atoms with E-state index in [4.69, 9.17) is 30.1 Å². The van der Waals surface area contributed by atoms with Crippen LogP contribution in [0.5, 0.6) is 5.75 Å². The number of carbonyl (C=O) groups is 4. The molecule has 0 aliphatic rings. The fraction of sp³-hybridized carbons (Fsp3) is 0.333. The molecule has 320 valence electrons.